The monoisotopic (exact) mass is 295 g/mol. The van der Waals surface area contributed by atoms with E-state index < -0.39 is 0 Å². The van der Waals surface area contributed by atoms with E-state index >= 15 is 0 Å². The van der Waals surface area contributed by atoms with E-state index in [9.17, 15) is 0 Å². The molecule has 0 spiro atoms. The Kier molecular flexibility index (Phi) is 4.70. The molecule has 0 aliphatic rings. The molecule has 2 nitrogen and oxygen atoms in total. The second-order valence-corrected chi connectivity index (χ2v) is 5.00. The highest BCUT2D eigenvalue weighted by molar-refractivity contribution is 6.42. The molecule has 0 fully saturated rings. The Morgan fingerprint density at radius 3 is 2.32 bits per heavy atom. The lowest BCUT2D eigenvalue weighted by molar-refractivity contribution is 0.408. The molecule has 19 heavy (non-hydrogen) atoms. The van der Waals surface area contributed by atoms with Gasteiger partial charge in [0.1, 0.15) is 5.75 Å². The second-order valence-electron chi connectivity index (χ2n) is 4.19. The van der Waals surface area contributed by atoms with Crippen LogP contribution in [0.15, 0.2) is 36.4 Å². The Morgan fingerprint density at radius 2 is 1.68 bits per heavy atom. The average Bonchev–Trinajstić information content (AvgIpc) is 2.42. The number of ether oxygens (including phenoxy) is 1. The summed E-state index contributed by atoms with van der Waals surface area (Å²) in [5.41, 5.74) is 3.23. The Hall–Kier alpha value is -1.22. The molecule has 2 rings (SSSR count). The Bertz CT molecular complexity index is 584. The Morgan fingerprint density at radius 1 is 1.00 bits per heavy atom. The SMILES string of the molecule is CNCc1cc(-c2ccc(Cl)c(Cl)c2)ccc1OC. The molecule has 0 unspecified atom stereocenters. The van der Waals surface area contributed by atoms with Crippen molar-refractivity contribution in [3.63, 3.8) is 0 Å². The summed E-state index contributed by atoms with van der Waals surface area (Å²) in [6.07, 6.45) is 0. The largest absolute Gasteiger partial charge is 0.496 e. The summed E-state index contributed by atoms with van der Waals surface area (Å²) < 4.78 is 5.34. The molecule has 0 aliphatic carbocycles. The van der Waals surface area contributed by atoms with Gasteiger partial charge in [0.15, 0.2) is 0 Å². The van der Waals surface area contributed by atoms with Gasteiger partial charge in [0.2, 0.25) is 0 Å². The van der Waals surface area contributed by atoms with Gasteiger partial charge in [0.25, 0.3) is 0 Å². The number of nitrogens with one attached hydrogen (secondary N) is 1. The van der Waals surface area contributed by atoms with Crippen LogP contribution in [0.5, 0.6) is 5.75 Å². The molecule has 2 aromatic rings. The molecule has 0 saturated carbocycles. The van der Waals surface area contributed by atoms with E-state index in [2.05, 4.69) is 11.4 Å². The topological polar surface area (TPSA) is 21.3 Å². The van der Waals surface area contributed by atoms with Crippen LogP contribution in [0.1, 0.15) is 5.56 Å². The lowest BCUT2D eigenvalue weighted by atomic mass is 10.0. The van der Waals surface area contributed by atoms with Gasteiger partial charge in [0, 0.05) is 12.1 Å². The maximum absolute atomic E-state index is 6.05. The number of hydrogen-bond acceptors (Lipinski definition) is 2. The van der Waals surface area contributed by atoms with Crippen molar-refractivity contribution in [2.24, 2.45) is 0 Å². The number of benzene rings is 2. The van der Waals surface area contributed by atoms with Crippen molar-refractivity contribution >= 4 is 23.2 Å². The predicted octanol–water partition coefficient (Wildman–Crippen LogP) is 4.39. The standard InChI is InChI=1S/C15H15Cl2NO/c1-18-9-12-7-10(4-6-15(12)19-2)11-3-5-13(16)14(17)8-11/h3-8,18H,9H2,1-2H3. The van der Waals surface area contributed by atoms with Gasteiger partial charge in [-0.3, -0.25) is 0 Å². The van der Waals surface area contributed by atoms with E-state index in [1.54, 1.807) is 13.2 Å². The van der Waals surface area contributed by atoms with Gasteiger partial charge in [-0.2, -0.15) is 0 Å². The summed E-state index contributed by atoms with van der Waals surface area (Å²) in [4.78, 5) is 0. The van der Waals surface area contributed by atoms with Crippen LogP contribution in [0, 0.1) is 0 Å². The van der Waals surface area contributed by atoms with Gasteiger partial charge in [-0.15, -0.1) is 0 Å². The molecule has 0 heterocycles. The molecule has 0 aromatic heterocycles. The van der Waals surface area contributed by atoms with Crippen molar-refractivity contribution in [3.8, 4) is 16.9 Å². The molecule has 0 radical (unpaired) electrons. The first-order chi connectivity index (χ1) is 9.15. The molecule has 1 N–H and O–H groups in total. The van der Waals surface area contributed by atoms with Crippen molar-refractivity contribution < 1.29 is 4.74 Å². The summed E-state index contributed by atoms with van der Waals surface area (Å²) in [6.45, 7) is 0.748. The Labute approximate surface area is 123 Å². The van der Waals surface area contributed by atoms with Crippen molar-refractivity contribution in [3.05, 3.63) is 52.0 Å². The van der Waals surface area contributed by atoms with Crippen LogP contribution in [-0.2, 0) is 6.54 Å². The van der Waals surface area contributed by atoms with Gasteiger partial charge in [-0.25, -0.2) is 0 Å². The quantitative estimate of drug-likeness (QED) is 0.903. The van der Waals surface area contributed by atoms with E-state index in [0.717, 1.165) is 29.0 Å². The molecular formula is C15H15Cl2NO. The number of halogens is 2. The van der Waals surface area contributed by atoms with Gasteiger partial charge >= 0.3 is 0 Å². The highest BCUT2D eigenvalue weighted by Crippen LogP contribution is 2.31. The minimum absolute atomic E-state index is 0.560. The van der Waals surface area contributed by atoms with Gasteiger partial charge in [-0.1, -0.05) is 35.3 Å². The van der Waals surface area contributed by atoms with Crippen LogP contribution in [0.25, 0.3) is 11.1 Å². The minimum Gasteiger partial charge on any atom is -0.496 e. The van der Waals surface area contributed by atoms with Gasteiger partial charge < -0.3 is 10.1 Å². The predicted molar refractivity (Wildman–Crippen MR) is 81.2 cm³/mol. The van der Waals surface area contributed by atoms with Crippen molar-refractivity contribution in [1.82, 2.24) is 5.32 Å². The third-order valence-electron chi connectivity index (χ3n) is 2.90. The van der Waals surface area contributed by atoms with Crippen LogP contribution >= 0.6 is 23.2 Å². The van der Waals surface area contributed by atoms with Crippen LogP contribution < -0.4 is 10.1 Å². The fraction of sp³-hybridized carbons (Fsp3) is 0.200. The first-order valence-corrected chi connectivity index (χ1v) is 6.68. The van der Waals surface area contributed by atoms with E-state index in [0.29, 0.717) is 10.0 Å². The van der Waals surface area contributed by atoms with Crippen LogP contribution in [-0.4, -0.2) is 14.2 Å². The summed E-state index contributed by atoms with van der Waals surface area (Å²) in [5, 5.41) is 4.26. The molecule has 0 aliphatic heterocycles. The normalized spacial score (nSPS) is 10.5. The van der Waals surface area contributed by atoms with E-state index in [1.807, 2.05) is 31.3 Å². The smallest absolute Gasteiger partial charge is 0.123 e. The summed E-state index contributed by atoms with van der Waals surface area (Å²) in [5.74, 6) is 0.873. The van der Waals surface area contributed by atoms with Gasteiger partial charge in [0.05, 0.1) is 17.2 Å². The summed E-state index contributed by atoms with van der Waals surface area (Å²) in [7, 11) is 3.58. The molecule has 0 bridgehead atoms. The maximum atomic E-state index is 6.05. The van der Waals surface area contributed by atoms with Crippen molar-refractivity contribution in [2.45, 2.75) is 6.54 Å². The van der Waals surface area contributed by atoms with Crippen LogP contribution in [0.4, 0.5) is 0 Å². The van der Waals surface area contributed by atoms with Crippen molar-refractivity contribution in [2.75, 3.05) is 14.2 Å². The first kappa shape index (κ1) is 14.2. The highest BCUT2D eigenvalue weighted by atomic mass is 35.5. The second kappa shape index (κ2) is 6.29. The number of rotatable bonds is 4. The lowest BCUT2D eigenvalue weighted by Crippen LogP contribution is -2.06. The lowest BCUT2D eigenvalue weighted by Gasteiger charge is -2.11. The third kappa shape index (κ3) is 3.21. The zero-order valence-electron chi connectivity index (χ0n) is 10.8. The van der Waals surface area contributed by atoms with Crippen LogP contribution in [0.2, 0.25) is 10.0 Å². The zero-order valence-corrected chi connectivity index (χ0v) is 12.3. The van der Waals surface area contributed by atoms with Crippen molar-refractivity contribution in [1.29, 1.82) is 0 Å². The fourth-order valence-electron chi connectivity index (χ4n) is 1.96. The fourth-order valence-corrected chi connectivity index (χ4v) is 2.26. The summed E-state index contributed by atoms with van der Waals surface area (Å²) >= 11 is 12.0. The molecule has 100 valence electrons. The molecule has 0 amide bonds. The molecule has 0 atom stereocenters. The molecular weight excluding hydrogens is 281 g/mol. The van der Waals surface area contributed by atoms with E-state index in [-0.39, 0.29) is 0 Å². The molecule has 2 aromatic carbocycles. The average molecular weight is 296 g/mol. The maximum Gasteiger partial charge on any atom is 0.123 e. The van der Waals surface area contributed by atoms with Gasteiger partial charge in [-0.05, 0) is 42.4 Å². The third-order valence-corrected chi connectivity index (χ3v) is 3.64. The highest BCUT2D eigenvalue weighted by Gasteiger charge is 2.07. The van der Waals surface area contributed by atoms with E-state index in [4.69, 9.17) is 27.9 Å². The summed E-state index contributed by atoms with van der Waals surface area (Å²) in [6, 6.07) is 11.7. The van der Waals surface area contributed by atoms with E-state index in [1.165, 1.54) is 0 Å². The molecule has 4 heteroatoms. The first-order valence-electron chi connectivity index (χ1n) is 5.92. The Balaban J connectivity index is 2.44. The zero-order chi connectivity index (χ0) is 13.8. The number of hydrogen-bond donors (Lipinski definition) is 1. The van der Waals surface area contributed by atoms with Crippen LogP contribution in [0.3, 0.4) is 0 Å². The number of methoxy groups -OCH3 is 1. The minimum atomic E-state index is 0.560. The molecule has 0 saturated heterocycles.